The Morgan fingerprint density at radius 1 is 1.25 bits per heavy atom. The van der Waals surface area contributed by atoms with Crippen molar-refractivity contribution in [3.63, 3.8) is 0 Å². The minimum Gasteiger partial charge on any atom is -0.463 e. The number of hydrogen-bond acceptors (Lipinski definition) is 2. The minimum atomic E-state index is -4.47. The molecule has 0 spiro atoms. The van der Waals surface area contributed by atoms with Crippen molar-refractivity contribution in [2.45, 2.75) is 6.18 Å². The maximum atomic E-state index is 12.4. The first kappa shape index (κ1) is 11.2. The van der Waals surface area contributed by atoms with Crippen LogP contribution in [0.2, 0.25) is 0 Å². The highest BCUT2D eigenvalue weighted by atomic mass is 79.9. The predicted molar refractivity (Wildman–Crippen MR) is 55.2 cm³/mol. The molecule has 0 amide bonds. The minimum absolute atomic E-state index is 0.0933. The quantitative estimate of drug-likeness (QED) is 0.743. The second kappa shape index (κ2) is 3.62. The lowest BCUT2D eigenvalue weighted by atomic mass is 10.1. The van der Waals surface area contributed by atoms with Crippen LogP contribution in [0.1, 0.15) is 5.56 Å². The number of benzene rings is 1. The molecule has 16 heavy (non-hydrogen) atoms. The van der Waals surface area contributed by atoms with E-state index in [0.717, 1.165) is 24.5 Å². The van der Waals surface area contributed by atoms with E-state index < -0.39 is 17.2 Å². The lowest BCUT2D eigenvalue weighted by molar-refractivity contribution is -0.137. The van der Waals surface area contributed by atoms with Gasteiger partial charge >= 0.3 is 6.18 Å². The molecule has 0 unspecified atom stereocenters. The van der Waals surface area contributed by atoms with Gasteiger partial charge in [0.25, 0.3) is 0 Å². The van der Waals surface area contributed by atoms with Gasteiger partial charge in [-0.15, -0.1) is 0 Å². The van der Waals surface area contributed by atoms with E-state index in [2.05, 4.69) is 15.9 Å². The van der Waals surface area contributed by atoms with Gasteiger partial charge in [-0.25, -0.2) is 0 Å². The van der Waals surface area contributed by atoms with Crippen molar-refractivity contribution in [3.8, 4) is 0 Å². The predicted octanol–water partition coefficient (Wildman–Crippen LogP) is 3.57. The summed E-state index contributed by atoms with van der Waals surface area (Å²) in [5, 5.41) is -0.0933. The zero-order valence-electron chi connectivity index (χ0n) is 7.64. The average molecular weight is 293 g/mol. The third-order valence-corrected chi connectivity index (χ3v) is 2.60. The average Bonchev–Trinajstić information content (AvgIpc) is 2.22. The van der Waals surface area contributed by atoms with Gasteiger partial charge in [-0.05, 0) is 34.1 Å². The fourth-order valence-electron chi connectivity index (χ4n) is 1.28. The number of halogens is 4. The maximum Gasteiger partial charge on any atom is 0.416 e. The van der Waals surface area contributed by atoms with Gasteiger partial charge in [0, 0.05) is 0 Å². The van der Waals surface area contributed by atoms with E-state index in [0.29, 0.717) is 0 Å². The van der Waals surface area contributed by atoms with Gasteiger partial charge < -0.3 is 4.42 Å². The molecule has 6 heteroatoms. The highest BCUT2D eigenvalue weighted by molar-refractivity contribution is 9.10. The maximum absolute atomic E-state index is 12.4. The zero-order chi connectivity index (χ0) is 11.9. The molecule has 0 saturated heterocycles. The first-order valence-electron chi connectivity index (χ1n) is 4.18. The van der Waals surface area contributed by atoms with E-state index in [1.807, 2.05) is 0 Å². The Balaban J connectivity index is 2.79. The van der Waals surface area contributed by atoms with Crippen molar-refractivity contribution in [1.82, 2.24) is 0 Å². The van der Waals surface area contributed by atoms with Crippen LogP contribution in [0, 0.1) is 0 Å². The third kappa shape index (κ3) is 1.84. The van der Waals surface area contributed by atoms with Crippen LogP contribution in [0.3, 0.4) is 0 Å². The topological polar surface area (TPSA) is 30.2 Å². The van der Waals surface area contributed by atoms with Crippen LogP contribution in [0.4, 0.5) is 13.2 Å². The Bertz CT molecular complexity index is 601. The number of hydrogen-bond donors (Lipinski definition) is 0. The summed E-state index contributed by atoms with van der Waals surface area (Å²) >= 11 is 2.90. The molecule has 1 heterocycles. The molecular formula is C10H4BrF3O2. The monoisotopic (exact) mass is 292 g/mol. The van der Waals surface area contributed by atoms with Crippen LogP contribution >= 0.6 is 15.9 Å². The Morgan fingerprint density at radius 2 is 1.94 bits per heavy atom. The zero-order valence-corrected chi connectivity index (χ0v) is 9.22. The molecule has 0 saturated carbocycles. The molecular weight excluding hydrogens is 289 g/mol. The summed E-state index contributed by atoms with van der Waals surface area (Å²) in [6, 6.07) is 2.79. The molecule has 84 valence electrons. The second-order valence-corrected chi connectivity index (χ2v) is 3.98. The van der Waals surface area contributed by atoms with Crippen LogP contribution in [0.25, 0.3) is 11.0 Å². The molecule has 1 aromatic carbocycles. The number of rotatable bonds is 0. The molecule has 0 aliphatic rings. The van der Waals surface area contributed by atoms with Crippen molar-refractivity contribution >= 4 is 26.9 Å². The summed E-state index contributed by atoms with van der Waals surface area (Å²) in [6.45, 7) is 0. The van der Waals surface area contributed by atoms with Crippen molar-refractivity contribution < 1.29 is 17.6 Å². The summed E-state index contributed by atoms with van der Waals surface area (Å²) < 4.78 is 42.3. The van der Waals surface area contributed by atoms with Gasteiger partial charge in [-0.3, -0.25) is 4.79 Å². The van der Waals surface area contributed by atoms with Gasteiger partial charge in [0.15, 0.2) is 0 Å². The first-order chi connectivity index (χ1) is 7.39. The van der Waals surface area contributed by atoms with Crippen LogP contribution in [0.5, 0.6) is 0 Å². The molecule has 0 radical (unpaired) electrons. The standard InChI is InChI=1S/C10H4BrF3O2/c11-7-4-16-8-2-1-5(10(12,13)14)3-6(8)9(7)15/h1-4H. The van der Waals surface area contributed by atoms with Gasteiger partial charge in [0.1, 0.15) is 16.3 Å². The largest absolute Gasteiger partial charge is 0.463 e. The first-order valence-corrected chi connectivity index (χ1v) is 4.97. The van der Waals surface area contributed by atoms with Gasteiger partial charge in [0.2, 0.25) is 5.43 Å². The molecule has 2 nitrogen and oxygen atoms in total. The summed E-state index contributed by atoms with van der Waals surface area (Å²) in [4.78, 5) is 11.5. The number of alkyl halides is 3. The molecule has 0 aliphatic heterocycles. The van der Waals surface area contributed by atoms with Crippen molar-refractivity contribution in [1.29, 1.82) is 0 Å². The van der Waals surface area contributed by atoms with E-state index in [1.165, 1.54) is 0 Å². The summed E-state index contributed by atoms with van der Waals surface area (Å²) in [7, 11) is 0. The molecule has 2 rings (SSSR count). The molecule has 2 aromatic rings. The highest BCUT2D eigenvalue weighted by Crippen LogP contribution is 2.30. The Morgan fingerprint density at radius 3 is 2.56 bits per heavy atom. The second-order valence-electron chi connectivity index (χ2n) is 3.12. The fraction of sp³-hybridized carbons (Fsp3) is 0.100. The Labute approximate surface area is 95.8 Å². The lowest BCUT2D eigenvalue weighted by Crippen LogP contribution is -2.07. The summed E-state index contributed by atoms with van der Waals surface area (Å²) in [6.07, 6.45) is -3.32. The van der Waals surface area contributed by atoms with Crippen molar-refractivity contribution in [2.24, 2.45) is 0 Å². The summed E-state index contributed by atoms with van der Waals surface area (Å²) in [5.74, 6) is 0. The van der Waals surface area contributed by atoms with E-state index in [-0.39, 0.29) is 15.4 Å². The van der Waals surface area contributed by atoms with Crippen molar-refractivity contribution in [3.05, 3.63) is 44.7 Å². The van der Waals surface area contributed by atoms with Crippen molar-refractivity contribution in [2.75, 3.05) is 0 Å². The third-order valence-electron chi connectivity index (χ3n) is 2.06. The van der Waals surface area contributed by atoms with Crippen LogP contribution in [0.15, 0.2) is 38.1 Å². The Kier molecular flexibility index (Phi) is 2.53. The van der Waals surface area contributed by atoms with Crippen LogP contribution in [-0.4, -0.2) is 0 Å². The van der Waals surface area contributed by atoms with E-state index >= 15 is 0 Å². The SMILES string of the molecule is O=c1c(Br)coc2ccc(C(F)(F)F)cc12. The van der Waals surface area contributed by atoms with E-state index in [1.54, 1.807) is 0 Å². The van der Waals surface area contributed by atoms with E-state index in [9.17, 15) is 18.0 Å². The highest BCUT2D eigenvalue weighted by Gasteiger charge is 2.30. The summed E-state index contributed by atoms with van der Waals surface area (Å²) in [5.41, 5.74) is -1.26. The van der Waals surface area contributed by atoms with E-state index in [4.69, 9.17) is 4.42 Å². The molecule has 0 atom stereocenters. The smallest absolute Gasteiger partial charge is 0.416 e. The molecule has 0 aliphatic carbocycles. The van der Waals surface area contributed by atoms with Crippen LogP contribution in [-0.2, 0) is 6.18 Å². The molecule has 1 aromatic heterocycles. The number of fused-ring (bicyclic) bond motifs is 1. The Hall–Kier alpha value is -1.30. The molecule has 0 fully saturated rings. The van der Waals surface area contributed by atoms with Gasteiger partial charge in [-0.1, -0.05) is 0 Å². The normalized spacial score (nSPS) is 12.0. The fourth-order valence-corrected chi connectivity index (χ4v) is 1.59. The lowest BCUT2D eigenvalue weighted by Gasteiger charge is -2.06. The molecule has 0 bridgehead atoms. The van der Waals surface area contributed by atoms with Gasteiger partial charge in [0.05, 0.1) is 10.9 Å². The van der Waals surface area contributed by atoms with Gasteiger partial charge in [-0.2, -0.15) is 13.2 Å². The molecule has 0 N–H and O–H groups in total. The van der Waals surface area contributed by atoms with Crippen LogP contribution < -0.4 is 5.43 Å².